The van der Waals surface area contributed by atoms with E-state index in [1.807, 2.05) is 0 Å². The summed E-state index contributed by atoms with van der Waals surface area (Å²) in [5.74, 6) is -1.27. The third kappa shape index (κ3) is 4.25. The van der Waals surface area contributed by atoms with Crippen molar-refractivity contribution in [3.8, 4) is 5.75 Å². The van der Waals surface area contributed by atoms with Crippen molar-refractivity contribution in [2.45, 2.75) is 11.8 Å². The number of halogens is 1. The zero-order valence-corrected chi connectivity index (χ0v) is 14.5. The summed E-state index contributed by atoms with van der Waals surface area (Å²) in [5, 5.41) is 13.2. The maximum absolute atomic E-state index is 13.4. The van der Waals surface area contributed by atoms with E-state index in [4.69, 9.17) is 4.74 Å². The van der Waals surface area contributed by atoms with Crippen LogP contribution in [0.5, 0.6) is 5.75 Å². The molecule has 0 heterocycles. The molecule has 0 aliphatic carbocycles. The zero-order chi connectivity index (χ0) is 19.5. The van der Waals surface area contributed by atoms with E-state index in [0.29, 0.717) is 0 Å². The Hall–Kier alpha value is -3.21. The van der Waals surface area contributed by atoms with Gasteiger partial charge in [0.25, 0.3) is 10.0 Å². The summed E-state index contributed by atoms with van der Waals surface area (Å²) in [6.07, 6.45) is 0. The number of carbonyl (C=O) groups excluding carboxylic acids is 1. The fourth-order valence-electron chi connectivity index (χ4n) is 2.07. The molecule has 138 valence electrons. The zero-order valence-electron chi connectivity index (χ0n) is 13.6. The Kier molecular flexibility index (Phi) is 5.41. The molecule has 0 saturated carbocycles. The van der Waals surface area contributed by atoms with Gasteiger partial charge in [-0.3, -0.25) is 19.6 Å². The van der Waals surface area contributed by atoms with Gasteiger partial charge in [-0.2, -0.15) is 4.39 Å². The topological polar surface area (TPSA) is 128 Å². The molecule has 2 aromatic carbocycles. The van der Waals surface area contributed by atoms with Gasteiger partial charge < -0.3 is 10.1 Å². The lowest BCUT2D eigenvalue weighted by Crippen LogP contribution is -2.14. The monoisotopic (exact) mass is 383 g/mol. The van der Waals surface area contributed by atoms with Crippen LogP contribution in [0, 0.1) is 15.9 Å². The molecule has 2 aromatic rings. The van der Waals surface area contributed by atoms with Crippen LogP contribution in [0.25, 0.3) is 0 Å². The lowest BCUT2D eigenvalue weighted by Gasteiger charge is -2.12. The predicted molar refractivity (Wildman–Crippen MR) is 91.2 cm³/mol. The summed E-state index contributed by atoms with van der Waals surface area (Å²) in [6.45, 7) is 1.25. The normalized spacial score (nSPS) is 10.9. The molecule has 2 rings (SSSR count). The Labute approximate surface area is 148 Å². The van der Waals surface area contributed by atoms with E-state index in [9.17, 15) is 27.7 Å². The molecule has 0 fully saturated rings. The number of methoxy groups -OCH3 is 1. The molecule has 0 bridgehead atoms. The fraction of sp³-hybridized carbons (Fsp3) is 0.133. The smallest absolute Gasteiger partial charge is 0.306 e. The number of carbonyl (C=O) groups is 1. The lowest BCUT2D eigenvalue weighted by atomic mass is 10.3. The van der Waals surface area contributed by atoms with Crippen LogP contribution < -0.4 is 14.8 Å². The van der Waals surface area contributed by atoms with Crippen LogP contribution in [-0.4, -0.2) is 26.4 Å². The lowest BCUT2D eigenvalue weighted by molar-refractivity contribution is -0.387. The van der Waals surface area contributed by atoms with Crippen molar-refractivity contribution in [2.75, 3.05) is 17.1 Å². The number of rotatable bonds is 6. The quantitative estimate of drug-likeness (QED) is 0.583. The highest BCUT2D eigenvalue weighted by Crippen LogP contribution is 2.29. The molecule has 0 aliphatic heterocycles. The van der Waals surface area contributed by atoms with Gasteiger partial charge in [0.05, 0.1) is 28.3 Å². The number of amides is 1. The van der Waals surface area contributed by atoms with E-state index >= 15 is 0 Å². The Morgan fingerprint density at radius 1 is 1.23 bits per heavy atom. The van der Waals surface area contributed by atoms with Gasteiger partial charge in [-0.1, -0.05) is 0 Å². The average molecular weight is 383 g/mol. The summed E-state index contributed by atoms with van der Waals surface area (Å²) >= 11 is 0. The molecular weight excluding hydrogens is 369 g/mol. The standard InChI is InChI=1S/C15H14FN3O6S/c1-9(20)17-13-8-11(4-6-15(13)25-2)26(23,24)18-10-3-5-12(16)14(7-10)19(21)22/h3-8,18H,1-2H3,(H,17,20). The highest BCUT2D eigenvalue weighted by Gasteiger charge is 2.20. The van der Waals surface area contributed by atoms with E-state index in [0.717, 1.165) is 18.2 Å². The highest BCUT2D eigenvalue weighted by atomic mass is 32.2. The van der Waals surface area contributed by atoms with Gasteiger partial charge in [0, 0.05) is 13.0 Å². The maximum atomic E-state index is 13.4. The minimum absolute atomic E-state index is 0.132. The molecule has 9 nitrogen and oxygen atoms in total. The molecule has 11 heteroatoms. The SMILES string of the molecule is COc1ccc(S(=O)(=O)Nc2ccc(F)c([N+](=O)[O-])c2)cc1NC(C)=O. The summed E-state index contributed by atoms with van der Waals surface area (Å²) in [7, 11) is -2.80. The van der Waals surface area contributed by atoms with Crippen LogP contribution in [0.2, 0.25) is 0 Å². The number of hydrogen-bond donors (Lipinski definition) is 2. The van der Waals surface area contributed by atoms with Crippen LogP contribution in [-0.2, 0) is 14.8 Å². The first-order valence-corrected chi connectivity index (χ1v) is 8.55. The van der Waals surface area contributed by atoms with Crippen molar-refractivity contribution in [1.82, 2.24) is 0 Å². The number of ether oxygens (including phenoxy) is 1. The van der Waals surface area contributed by atoms with E-state index in [1.165, 1.54) is 32.2 Å². The maximum Gasteiger partial charge on any atom is 0.306 e. The third-order valence-corrected chi connectivity index (χ3v) is 4.57. The van der Waals surface area contributed by atoms with Crippen LogP contribution in [0.4, 0.5) is 21.5 Å². The molecule has 0 saturated heterocycles. The molecule has 0 unspecified atom stereocenters. The molecule has 0 aliphatic rings. The van der Waals surface area contributed by atoms with Crippen molar-refractivity contribution in [1.29, 1.82) is 0 Å². The molecule has 0 radical (unpaired) electrons. The molecular formula is C15H14FN3O6S. The number of benzene rings is 2. The van der Waals surface area contributed by atoms with E-state index in [-0.39, 0.29) is 22.0 Å². The van der Waals surface area contributed by atoms with Crippen molar-refractivity contribution in [2.24, 2.45) is 0 Å². The first-order chi connectivity index (χ1) is 12.1. The summed E-state index contributed by atoms with van der Waals surface area (Å²) in [6, 6.07) is 6.34. The number of nitro groups is 1. The first kappa shape index (κ1) is 19.1. The van der Waals surface area contributed by atoms with Crippen LogP contribution in [0.1, 0.15) is 6.92 Å². The molecule has 0 spiro atoms. The third-order valence-electron chi connectivity index (χ3n) is 3.19. The fourth-order valence-corrected chi connectivity index (χ4v) is 3.15. The van der Waals surface area contributed by atoms with Crippen LogP contribution in [0.3, 0.4) is 0 Å². The number of hydrogen-bond acceptors (Lipinski definition) is 6. The van der Waals surface area contributed by atoms with Crippen molar-refractivity contribution < 1.29 is 27.3 Å². The molecule has 0 atom stereocenters. The molecule has 0 aromatic heterocycles. The summed E-state index contributed by atoms with van der Waals surface area (Å²) in [5.41, 5.74) is -0.915. The first-order valence-electron chi connectivity index (χ1n) is 7.06. The molecule has 1 amide bonds. The summed E-state index contributed by atoms with van der Waals surface area (Å²) < 4.78 is 45.5. The van der Waals surface area contributed by atoms with Gasteiger partial charge >= 0.3 is 5.69 Å². The van der Waals surface area contributed by atoms with Gasteiger partial charge in [0.15, 0.2) is 0 Å². The number of nitrogens with one attached hydrogen (secondary N) is 2. The average Bonchev–Trinajstić information content (AvgIpc) is 2.55. The largest absolute Gasteiger partial charge is 0.495 e. The number of anilines is 2. The second kappa shape index (κ2) is 7.35. The van der Waals surface area contributed by atoms with Crippen molar-refractivity contribution in [3.63, 3.8) is 0 Å². The number of sulfonamides is 1. The highest BCUT2D eigenvalue weighted by molar-refractivity contribution is 7.92. The Balaban J connectivity index is 2.40. The van der Waals surface area contributed by atoms with Crippen LogP contribution >= 0.6 is 0 Å². The van der Waals surface area contributed by atoms with E-state index in [2.05, 4.69) is 10.0 Å². The van der Waals surface area contributed by atoms with Crippen LogP contribution in [0.15, 0.2) is 41.3 Å². The van der Waals surface area contributed by atoms with Crippen molar-refractivity contribution in [3.05, 3.63) is 52.3 Å². The van der Waals surface area contributed by atoms with E-state index in [1.54, 1.807) is 0 Å². The predicted octanol–water partition coefficient (Wildman–Crippen LogP) is 2.50. The summed E-state index contributed by atoms with van der Waals surface area (Å²) in [4.78, 5) is 20.8. The minimum atomic E-state index is -4.15. The van der Waals surface area contributed by atoms with Gasteiger partial charge in [-0.15, -0.1) is 0 Å². The minimum Gasteiger partial charge on any atom is -0.495 e. The number of nitrogens with zero attached hydrogens (tertiary/aromatic N) is 1. The Morgan fingerprint density at radius 3 is 2.50 bits per heavy atom. The van der Waals surface area contributed by atoms with E-state index < -0.39 is 32.4 Å². The van der Waals surface area contributed by atoms with Crippen molar-refractivity contribution >= 4 is 33.0 Å². The molecule has 26 heavy (non-hydrogen) atoms. The second-order valence-electron chi connectivity index (χ2n) is 5.07. The Bertz CT molecular complexity index is 977. The van der Waals surface area contributed by atoms with Gasteiger partial charge in [0.2, 0.25) is 11.7 Å². The van der Waals surface area contributed by atoms with Gasteiger partial charge in [0.1, 0.15) is 5.75 Å². The molecule has 2 N–H and O–H groups in total. The second-order valence-corrected chi connectivity index (χ2v) is 6.75. The van der Waals surface area contributed by atoms with Gasteiger partial charge in [-0.25, -0.2) is 8.42 Å². The Morgan fingerprint density at radius 2 is 1.92 bits per heavy atom. The van der Waals surface area contributed by atoms with Gasteiger partial charge in [-0.05, 0) is 30.3 Å². The number of nitro benzene ring substituents is 1.